The molecule has 3 N–H and O–H groups in total. The number of nitrogens with zero attached hydrogens (tertiary/aromatic N) is 2. The van der Waals surface area contributed by atoms with Crippen LogP contribution in [0.4, 0.5) is 15.9 Å². The summed E-state index contributed by atoms with van der Waals surface area (Å²) >= 11 is 5.85. The molecule has 1 aromatic carbocycles. The molecule has 1 aliphatic heterocycles. The van der Waals surface area contributed by atoms with Gasteiger partial charge < -0.3 is 20.6 Å². The lowest BCUT2D eigenvalue weighted by atomic mass is 10.0. The molecule has 3 amide bonds. The molecule has 1 aliphatic rings. The van der Waals surface area contributed by atoms with Crippen LogP contribution in [-0.2, 0) is 20.9 Å². The summed E-state index contributed by atoms with van der Waals surface area (Å²) in [7, 11) is 0. The van der Waals surface area contributed by atoms with Crippen LogP contribution >= 0.6 is 11.6 Å². The molecule has 0 aliphatic carbocycles. The van der Waals surface area contributed by atoms with E-state index in [4.69, 9.17) is 11.6 Å². The number of aromatic nitrogens is 1. The zero-order chi connectivity index (χ0) is 21.2. The Morgan fingerprint density at radius 3 is 2.76 bits per heavy atom. The largest absolute Gasteiger partial charge is 0.372 e. The fourth-order valence-corrected chi connectivity index (χ4v) is 3.16. The summed E-state index contributed by atoms with van der Waals surface area (Å²) in [5.74, 6) is -2.29. The van der Waals surface area contributed by atoms with Crippen molar-refractivity contribution in [3.8, 4) is 0 Å². The Kier molecular flexibility index (Phi) is 5.81. The van der Waals surface area contributed by atoms with Crippen LogP contribution in [0.15, 0.2) is 36.5 Å². The second-order valence-electron chi connectivity index (χ2n) is 6.55. The summed E-state index contributed by atoms with van der Waals surface area (Å²) in [5, 5.41) is 15.4. The number of halogens is 2. The topological polar surface area (TPSA) is 112 Å². The van der Waals surface area contributed by atoms with Gasteiger partial charge in [-0.3, -0.25) is 14.4 Å². The summed E-state index contributed by atoms with van der Waals surface area (Å²) in [6.45, 7) is 1.30. The zero-order valence-corrected chi connectivity index (χ0v) is 16.2. The average Bonchev–Trinajstić information content (AvgIpc) is 2.99. The van der Waals surface area contributed by atoms with Gasteiger partial charge in [0.05, 0.1) is 16.9 Å². The fourth-order valence-electron chi connectivity index (χ4n) is 2.97. The van der Waals surface area contributed by atoms with Crippen LogP contribution in [0.3, 0.4) is 0 Å². The molecule has 152 valence electrons. The minimum absolute atomic E-state index is 0.102. The van der Waals surface area contributed by atoms with Crippen LogP contribution in [0.1, 0.15) is 18.9 Å². The van der Waals surface area contributed by atoms with E-state index in [0.717, 1.165) is 0 Å². The van der Waals surface area contributed by atoms with Crippen LogP contribution in [0.25, 0.3) is 0 Å². The Morgan fingerprint density at radius 1 is 1.34 bits per heavy atom. The molecule has 2 aromatic rings. The number of carbonyl (C=O) groups excluding carboxylic acids is 3. The number of pyridine rings is 1. The summed E-state index contributed by atoms with van der Waals surface area (Å²) in [5.41, 5.74) is -1.56. The number of carbonyl (C=O) groups is 3. The van der Waals surface area contributed by atoms with Gasteiger partial charge in [-0.05, 0) is 23.8 Å². The molecule has 1 aromatic heterocycles. The van der Waals surface area contributed by atoms with Gasteiger partial charge in [0.2, 0.25) is 11.5 Å². The Hall–Kier alpha value is -3.04. The molecule has 8 nitrogen and oxygen atoms in total. The third-order valence-electron chi connectivity index (χ3n) is 4.51. The highest BCUT2D eigenvalue weighted by Gasteiger charge is 2.51. The molecule has 3 rings (SSSR count). The molecule has 0 radical (unpaired) electrons. The number of nitrogens with one attached hydrogen (secondary N) is 2. The van der Waals surface area contributed by atoms with Crippen LogP contribution in [-0.4, -0.2) is 40.0 Å². The van der Waals surface area contributed by atoms with Crippen LogP contribution < -0.4 is 15.5 Å². The molecule has 1 atom stereocenters. The highest BCUT2D eigenvalue weighted by atomic mass is 35.5. The minimum Gasteiger partial charge on any atom is -0.372 e. The average molecular weight is 421 g/mol. The number of benzene rings is 1. The first-order valence-electron chi connectivity index (χ1n) is 8.71. The lowest BCUT2D eigenvalue weighted by Crippen LogP contribution is -2.52. The van der Waals surface area contributed by atoms with Crippen molar-refractivity contribution in [2.75, 3.05) is 16.8 Å². The van der Waals surface area contributed by atoms with E-state index in [1.165, 1.54) is 42.3 Å². The van der Waals surface area contributed by atoms with Gasteiger partial charge >= 0.3 is 0 Å². The number of rotatable bonds is 5. The zero-order valence-electron chi connectivity index (χ0n) is 15.4. The molecular weight excluding hydrogens is 403 g/mol. The fraction of sp³-hybridized carbons (Fsp3) is 0.263. The molecule has 0 unspecified atom stereocenters. The van der Waals surface area contributed by atoms with E-state index in [1.807, 2.05) is 0 Å². The van der Waals surface area contributed by atoms with Gasteiger partial charge in [-0.15, -0.1) is 0 Å². The first kappa shape index (κ1) is 20.7. The summed E-state index contributed by atoms with van der Waals surface area (Å²) in [4.78, 5) is 41.5. The third kappa shape index (κ3) is 4.20. The van der Waals surface area contributed by atoms with Gasteiger partial charge in [-0.1, -0.05) is 23.7 Å². The standard InChI is InChI=1S/C19H18ClFN4O4/c1-11(26)24-15-6-5-13(10-22-15)25-8-7-19(29,18(25)28)17(27)23-9-12-3-2-4-14(21)16(12)20/h2-6,10,29H,7-9H2,1H3,(H,23,27)(H,22,24,26)/t19-/m0/s1. The molecule has 0 bridgehead atoms. The monoisotopic (exact) mass is 420 g/mol. The van der Waals surface area contributed by atoms with Gasteiger partial charge in [0.25, 0.3) is 11.8 Å². The minimum atomic E-state index is -2.25. The Labute approximate surface area is 170 Å². The van der Waals surface area contributed by atoms with Gasteiger partial charge in [-0.25, -0.2) is 9.37 Å². The van der Waals surface area contributed by atoms with Crippen molar-refractivity contribution < 1.29 is 23.9 Å². The van der Waals surface area contributed by atoms with E-state index in [2.05, 4.69) is 15.6 Å². The van der Waals surface area contributed by atoms with Crippen molar-refractivity contribution in [2.45, 2.75) is 25.5 Å². The quantitative estimate of drug-likeness (QED) is 0.636. The highest BCUT2D eigenvalue weighted by molar-refractivity contribution is 6.31. The van der Waals surface area contributed by atoms with Crippen molar-refractivity contribution >= 4 is 40.8 Å². The maximum atomic E-state index is 13.5. The van der Waals surface area contributed by atoms with Crippen molar-refractivity contribution in [2.24, 2.45) is 0 Å². The van der Waals surface area contributed by atoms with E-state index in [9.17, 15) is 23.9 Å². The summed E-state index contributed by atoms with van der Waals surface area (Å²) < 4.78 is 13.5. The lowest BCUT2D eigenvalue weighted by molar-refractivity contribution is -0.149. The molecule has 1 saturated heterocycles. The van der Waals surface area contributed by atoms with E-state index < -0.39 is 23.2 Å². The summed E-state index contributed by atoms with van der Waals surface area (Å²) in [6.07, 6.45) is 1.24. The van der Waals surface area contributed by atoms with Crippen LogP contribution in [0, 0.1) is 5.82 Å². The number of anilines is 2. The van der Waals surface area contributed by atoms with Crippen LogP contribution in [0.5, 0.6) is 0 Å². The smallest absolute Gasteiger partial charge is 0.268 e. The van der Waals surface area contributed by atoms with E-state index in [0.29, 0.717) is 17.1 Å². The van der Waals surface area contributed by atoms with Gasteiger partial charge in [0.1, 0.15) is 11.6 Å². The van der Waals surface area contributed by atoms with Crippen LogP contribution in [0.2, 0.25) is 5.02 Å². The normalized spacial score (nSPS) is 18.6. The molecule has 29 heavy (non-hydrogen) atoms. The van der Waals surface area contributed by atoms with E-state index in [-0.39, 0.29) is 30.4 Å². The van der Waals surface area contributed by atoms with Crippen molar-refractivity contribution in [3.63, 3.8) is 0 Å². The lowest BCUT2D eigenvalue weighted by Gasteiger charge is -2.22. The number of amides is 3. The van der Waals surface area contributed by atoms with Crippen molar-refractivity contribution in [3.05, 3.63) is 52.9 Å². The predicted molar refractivity (Wildman–Crippen MR) is 104 cm³/mol. The number of hydrogen-bond acceptors (Lipinski definition) is 5. The molecule has 0 spiro atoms. The van der Waals surface area contributed by atoms with Gasteiger partial charge in [-0.2, -0.15) is 0 Å². The second kappa shape index (κ2) is 8.14. The molecular formula is C19H18ClFN4O4. The second-order valence-corrected chi connectivity index (χ2v) is 6.92. The van der Waals surface area contributed by atoms with Gasteiger partial charge in [0.15, 0.2) is 0 Å². The Bertz CT molecular complexity index is 969. The molecule has 1 fully saturated rings. The van der Waals surface area contributed by atoms with Crippen molar-refractivity contribution in [1.29, 1.82) is 0 Å². The first-order valence-corrected chi connectivity index (χ1v) is 9.09. The van der Waals surface area contributed by atoms with Crippen molar-refractivity contribution in [1.82, 2.24) is 10.3 Å². The maximum absolute atomic E-state index is 13.5. The van der Waals surface area contributed by atoms with E-state index >= 15 is 0 Å². The SMILES string of the molecule is CC(=O)Nc1ccc(N2CC[C@](O)(C(=O)NCc3cccc(F)c3Cl)C2=O)cn1. The Morgan fingerprint density at radius 2 is 2.10 bits per heavy atom. The third-order valence-corrected chi connectivity index (χ3v) is 4.93. The number of hydrogen-bond donors (Lipinski definition) is 3. The number of aliphatic hydroxyl groups is 1. The maximum Gasteiger partial charge on any atom is 0.268 e. The summed E-state index contributed by atoms with van der Waals surface area (Å²) in [6, 6.07) is 7.21. The first-order chi connectivity index (χ1) is 13.7. The van der Waals surface area contributed by atoms with E-state index in [1.54, 1.807) is 6.07 Å². The molecule has 10 heteroatoms. The highest BCUT2D eigenvalue weighted by Crippen LogP contribution is 2.29. The predicted octanol–water partition coefficient (Wildman–Crippen LogP) is 1.62. The van der Waals surface area contributed by atoms with Gasteiger partial charge in [0, 0.05) is 26.4 Å². The Balaban J connectivity index is 1.69. The molecule has 0 saturated carbocycles. The molecule has 2 heterocycles.